The molecule has 4 rings (SSSR count). The molecule has 1 heterocycles. The van der Waals surface area contributed by atoms with Crippen LogP contribution in [0.25, 0.3) is 0 Å². The maximum Gasteiger partial charge on any atom is 0.258 e. The predicted octanol–water partition coefficient (Wildman–Crippen LogP) is 3.96. The maximum absolute atomic E-state index is 12.5. The number of benzene rings is 1. The molecule has 2 aliphatic carbocycles. The van der Waals surface area contributed by atoms with Crippen LogP contribution < -0.4 is 15.4 Å². The number of halogens is 2. The number of rotatable bonds is 4. The van der Waals surface area contributed by atoms with Crippen LogP contribution in [0.4, 0.5) is 0 Å². The van der Waals surface area contributed by atoms with Crippen LogP contribution in [0, 0.1) is 17.8 Å². The van der Waals surface area contributed by atoms with Crippen molar-refractivity contribution in [2.75, 3.05) is 6.61 Å². The summed E-state index contributed by atoms with van der Waals surface area (Å²) >= 11 is 11.9. The Morgan fingerprint density at radius 3 is 2.79 bits per heavy atom. The van der Waals surface area contributed by atoms with Gasteiger partial charge in [0, 0.05) is 23.0 Å². The molecule has 152 valence electrons. The van der Waals surface area contributed by atoms with Crippen LogP contribution >= 0.6 is 23.2 Å². The first kappa shape index (κ1) is 19.8. The number of ether oxygens (including phenoxy) is 1. The molecule has 2 saturated carbocycles. The molecular weight excluding hydrogens is 399 g/mol. The fourth-order valence-corrected chi connectivity index (χ4v) is 5.76. The Bertz CT molecular complexity index is 757. The van der Waals surface area contributed by atoms with Gasteiger partial charge in [-0.1, -0.05) is 36.0 Å². The van der Waals surface area contributed by atoms with Crippen molar-refractivity contribution in [2.24, 2.45) is 17.8 Å². The van der Waals surface area contributed by atoms with E-state index in [9.17, 15) is 9.59 Å². The standard InChI is InChI=1S/C21H26Cl2N2O3/c22-12-5-8-19(17(23)9-12)28-11-20(26)24-13-6-7-15-14-3-1-2-4-16(14)21(27)25-18(15)10-13/h5,8-9,13-16,18H,1-4,6-7,10-11H2,(H,24,26)(H,25,27). The zero-order chi connectivity index (χ0) is 19.7. The highest BCUT2D eigenvalue weighted by atomic mass is 35.5. The van der Waals surface area contributed by atoms with Crippen molar-refractivity contribution in [3.8, 4) is 5.75 Å². The Kier molecular flexibility index (Phi) is 6.02. The fraction of sp³-hybridized carbons (Fsp3) is 0.619. The van der Waals surface area contributed by atoms with E-state index in [1.165, 1.54) is 19.3 Å². The van der Waals surface area contributed by atoms with Crippen molar-refractivity contribution < 1.29 is 14.3 Å². The van der Waals surface area contributed by atoms with Gasteiger partial charge < -0.3 is 15.4 Å². The zero-order valence-electron chi connectivity index (χ0n) is 15.8. The summed E-state index contributed by atoms with van der Waals surface area (Å²) in [5.74, 6) is 1.78. The molecule has 0 spiro atoms. The number of amides is 2. The van der Waals surface area contributed by atoms with Gasteiger partial charge in [0.05, 0.1) is 5.02 Å². The SMILES string of the molecule is O=C(COc1ccc(Cl)cc1Cl)NC1CCC2C(C1)NC(=O)C1CCCCC12. The number of hydrogen-bond donors (Lipinski definition) is 2. The average molecular weight is 425 g/mol. The van der Waals surface area contributed by atoms with E-state index in [2.05, 4.69) is 10.6 Å². The van der Waals surface area contributed by atoms with Crippen LogP contribution in [0.1, 0.15) is 44.9 Å². The maximum atomic E-state index is 12.5. The van der Waals surface area contributed by atoms with Crippen molar-refractivity contribution in [3.05, 3.63) is 28.2 Å². The van der Waals surface area contributed by atoms with Crippen molar-refractivity contribution in [1.82, 2.24) is 10.6 Å². The molecule has 5 unspecified atom stereocenters. The van der Waals surface area contributed by atoms with Crippen molar-refractivity contribution in [1.29, 1.82) is 0 Å². The van der Waals surface area contributed by atoms with E-state index in [1.54, 1.807) is 18.2 Å². The van der Waals surface area contributed by atoms with Gasteiger partial charge in [-0.25, -0.2) is 0 Å². The minimum atomic E-state index is -0.174. The molecule has 1 saturated heterocycles. The van der Waals surface area contributed by atoms with Gasteiger partial charge in [0.15, 0.2) is 6.61 Å². The normalized spacial score (nSPS) is 31.9. The largest absolute Gasteiger partial charge is 0.482 e. The summed E-state index contributed by atoms with van der Waals surface area (Å²) < 4.78 is 5.52. The summed E-state index contributed by atoms with van der Waals surface area (Å²) in [6.07, 6.45) is 7.42. The summed E-state index contributed by atoms with van der Waals surface area (Å²) in [7, 11) is 0. The number of piperidine rings is 1. The summed E-state index contributed by atoms with van der Waals surface area (Å²) in [5, 5.41) is 7.20. The van der Waals surface area contributed by atoms with Crippen molar-refractivity contribution in [2.45, 2.75) is 57.0 Å². The van der Waals surface area contributed by atoms with Gasteiger partial charge in [-0.15, -0.1) is 0 Å². The van der Waals surface area contributed by atoms with E-state index in [1.807, 2.05) is 0 Å². The summed E-state index contributed by atoms with van der Waals surface area (Å²) in [4.78, 5) is 24.8. The van der Waals surface area contributed by atoms with Gasteiger partial charge in [-0.3, -0.25) is 9.59 Å². The molecule has 2 N–H and O–H groups in total. The Morgan fingerprint density at radius 2 is 1.96 bits per heavy atom. The van der Waals surface area contributed by atoms with Gasteiger partial charge in [0.1, 0.15) is 5.75 Å². The first-order valence-corrected chi connectivity index (χ1v) is 10.9. The first-order chi connectivity index (χ1) is 13.5. The molecule has 3 aliphatic rings. The lowest BCUT2D eigenvalue weighted by atomic mass is 9.63. The number of carbonyl (C=O) groups excluding carboxylic acids is 2. The minimum Gasteiger partial charge on any atom is -0.482 e. The number of carbonyl (C=O) groups is 2. The van der Waals surface area contributed by atoms with E-state index in [-0.39, 0.29) is 36.4 Å². The Labute approximate surface area is 175 Å². The molecule has 2 amide bonds. The van der Waals surface area contributed by atoms with Crippen molar-refractivity contribution in [3.63, 3.8) is 0 Å². The van der Waals surface area contributed by atoms with E-state index >= 15 is 0 Å². The van der Waals surface area contributed by atoms with Gasteiger partial charge in [0.25, 0.3) is 5.91 Å². The zero-order valence-corrected chi connectivity index (χ0v) is 17.3. The molecule has 1 aliphatic heterocycles. The summed E-state index contributed by atoms with van der Waals surface area (Å²) in [6.45, 7) is -0.0942. The molecule has 1 aromatic rings. The molecule has 1 aromatic carbocycles. The third-order valence-corrected chi connectivity index (χ3v) is 7.09. The van der Waals surface area contributed by atoms with Crippen LogP contribution in [0.15, 0.2) is 18.2 Å². The molecule has 0 bridgehead atoms. The van der Waals surface area contributed by atoms with Crippen LogP contribution in [-0.4, -0.2) is 30.5 Å². The molecule has 5 nitrogen and oxygen atoms in total. The van der Waals surface area contributed by atoms with Crippen molar-refractivity contribution >= 4 is 35.0 Å². The Hall–Kier alpha value is -1.46. The van der Waals surface area contributed by atoms with Gasteiger partial charge in [-0.2, -0.15) is 0 Å². The van der Waals surface area contributed by atoms with Crippen LogP contribution in [0.5, 0.6) is 5.75 Å². The summed E-state index contributed by atoms with van der Waals surface area (Å²) in [5.41, 5.74) is 0. The second-order valence-corrected chi connectivity index (χ2v) is 9.12. The predicted molar refractivity (Wildman–Crippen MR) is 109 cm³/mol. The van der Waals surface area contributed by atoms with Crippen LogP contribution in [0.3, 0.4) is 0 Å². The lowest BCUT2D eigenvalue weighted by molar-refractivity contribution is -0.136. The lowest BCUT2D eigenvalue weighted by Gasteiger charge is -2.49. The van der Waals surface area contributed by atoms with E-state index in [4.69, 9.17) is 27.9 Å². The topological polar surface area (TPSA) is 67.4 Å². The number of hydrogen-bond acceptors (Lipinski definition) is 3. The number of fused-ring (bicyclic) bond motifs is 3. The molecule has 0 aromatic heterocycles. The van der Waals surface area contributed by atoms with Crippen LogP contribution in [0.2, 0.25) is 10.0 Å². The first-order valence-electron chi connectivity index (χ1n) is 10.2. The van der Waals surface area contributed by atoms with Gasteiger partial charge in [0.2, 0.25) is 5.91 Å². The molecule has 0 radical (unpaired) electrons. The fourth-order valence-electron chi connectivity index (χ4n) is 5.30. The third kappa shape index (κ3) is 4.25. The summed E-state index contributed by atoms with van der Waals surface area (Å²) in [6, 6.07) is 5.16. The second kappa shape index (κ2) is 8.50. The Balaban J connectivity index is 1.29. The molecule has 7 heteroatoms. The average Bonchev–Trinajstić information content (AvgIpc) is 2.67. The van der Waals surface area contributed by atoms with Crippen LogP contribution in [-0.2, 0) is 9.59 Å². The third-order valence-electron chi connectivity index (χ3n) is 6.56. The highest BCUT2D eigenvalue weighted by molar-refractivity contribution is 6.35. The van der Waals surface area contributed by atoms with Gasteiger partial charge in [-0.05, 0) is 62.1 Å². The second-order valence-electron chi connectivity index (χ2n) is 8.27. The molecule has 5 atom stereocenters. The van der Waals surface area contributed by atoms with E-state index in [0.29, 0.717) is 27.6 Å². The highest BCUT2D eigenvalue weighted by Crippen LogP contribution is 2.44. The van der Waals surface area contributed by atoms with E-state index < -0.39 is 0 Å². The minimum absolute atomic E-state index is 0.0680. The lowest BCUT2D eigenvalue weighted by Crippen LogP contribution is -2.59. The molecular formula is C21H26Cl2N2O3. The monoisotopic (exact) mass is 424 g/mol. The molecule has 3 fully saturated rings. The van der Waals surface area contributed by atoms with Gasteiger partial charge >= 0.3 is 0 Å². The highest BCUT2D eigenvalue weighted by Gasteiger charge is 2.46. The number of nitrogens with one attached hydrogen (secondary N) is 2. The molecule has 28 heavy (non-hydrogen) atoms. The van der Waals surface area contributed by atoms with E-state index in [0.717, 1.165) is 25.7 Å². The quantitative estimate of drug-likeness (QED) is 0.768. The smallest absolute Gasteiger partial charge is 0.258 e. The Morgan fingerprint density at radius 1 is 1.14 bits per heavy atom.